The van der Waals surface area contributed by atoms with Crippen molar-refractivity contribution in [3.05, 3.63) is 11.1 Å². The smallest absolute Gasteiger partial charge is 0.185 e. The Kier molecular flexibility index (Phi) is 4.76. The molecule has 1 fully saturated rings. The molecule has 5 heteroatoms. The van der Waals surface area contributed by atoms with Crippen LogP contribution in [0.15, 0.2) is 6.20 Å². The fourth-order valence-electron chi connectivity index (χ4n) is 1.71. The maximum absolute atomic E-state index is 4.99. The molecule has 17 heavy (non-hydrogen) atoms. The highest BCUT2D eigenvalue weighted by atomic mass is 32.1. The van der Waals surface area contributed by atoms with Crippen molar-refractivity contribution in [2.24, 2.45) is 5.92 Å². The predicted octanol–water partition coefficient (Wildman–Crippen LogP) is 1.73. The third-order valence-electron chi connectivity index (χ3n) is 2.88. The third kappa shape index (κ3) is 4.26. The number of ether oxygens (including phenoxy) is 1. The van der Waals surface area contributed by atoms with Gasteiger partial charge in [0.2, 0.25) is 0 Å². The van der Waals surface area contributed by atoms with Gasteiger partial charge < -0.3 is 15.0 Å². The summed E-state index contributed by atoms with van der Waals surface area (Å²) in [6.07, 6.45) is 4.76. The van der Waals surface area contributed by atoms with Crippen molar-refractivity contribution in [2.75, 3.05) is 38.8 Å². The molecule has 1 saturated carbocycles. The second-order valence-corrected chi connectivity index (χ2v) is 5.70. The Morgan fingerprint density at radius 2 is 2.41 bits per heavy atom. The van der Waals surface area contributed by atoms with E-state index in [1.807, 2.05) is 6.20 Å². The zero-order valence-electron chi connectivity index (χ0n) is 10.6. The number of thiazole rings is 1. The van der Waals surface area contributed by atoms with E-state index in [2.05, 4.69) is 22.2 Å². The summed E-state index contributed by atoms with van der Waals surface area (Å²) in [5, 5.41) is 4.47. The molecule has 1 heterocycles. The Bertz CT molecular complexity index is 338. The van der Waals surface area contributed by atoms with Gasteiger partial charge in [-0.15, -0.1) is 11.3 Å². The number of nitrogens with zero attached hydrogens (tertiary/aromatic N) is 2. The fourth-order valence-corrected chi connectivity index (χ4v) is 2.56. The normalized spacial score (nSPS) is 15.2. The van der Waals surface area contributed by atoms with E-state index in [1.165, 1.54) is 17.7 Å². The van der Waals surface area contributed by atoms with E-state index >= 15 is 0 Å². The molecule has 0 aliphatic heterocycles. The monoisotopic (exact) mass is 255 g/mol. The molecule has 1 aromatic rings. The van der Waals surface area contributed by atoms with E-state index in [0.29, 0.717) is 0 Å². The Hall–Kier alpha value is -0.650. The van der Waals surface area contributed by atoms with Gasteiger partial charge in [0.15, 0.2) is 5.13 Å². The Labute approximate surface area is 107 Å². The van der Waals surface area contributed by atoms with Gasteiger partial charge in [0.05, 0.1) is 6.61 Å². The van der Waals surface area contributed by atoms with Gasteiger partial charge in [-0.05, 0) is 18.8 Å². The van der Waals surface area contributed by atoms with Crippen LogP contribution in [0.2, 0.25) is 0 Å². The summed E-state index contributed by atoms with van der Waals surface area (Å²) >= 11 is 1.78. The van der Waals surface area contributed by atoms with Gasteiger partial charge in [-0.25, -0.2) is 4.98 Å². The SMILES string of the molecule is COCCNCc1cnc(N(C)CC2CC2)s1. The quantitative estimate of drug-likeness (QED) is 0.718. The lowest BCUT2D eigenvalue weighted by Gasteiger charge is -2.14. The summed E-state index contributed by atoms with van der Waals surface area (Å²) in [6.45, 7) is 3.69. The van der Waals surface area contributed by atoms with Gasteiger partial charge in [-0.1, -0.05) is 0 Å². The average Bonchev–Trinajstić information content (AvgIpc) is 3.00. The van der Waals surface area contributed by atoms with Crippen molar-refractivity contribution >= 4 is 16.5 Å². The van der Waals surface area contributed by atoms with E-state index in [0.717, 1.165) is 37.3 Å². The number of nitrogens with one attached hydrogen (secondary N) is 1. The number of methoxy groups -OCH3 is 1. The lowest BCUT2D eigenvalue weighted by molar-refractivity contribution is 0.199. The molecule has 0 bridgehead atoms. The number of rotatable bonds is 8. The first-order valence-electron chi connectivity index (χ1n) is 6.15. The van der Waals surface area contributed by atoms with Crippen LogP contribution in [0, 0.1) is 5.92 Å². The van der Waals surface area contributed by atoms with Crippen molar-refractivity contribution in [2.45, 2.75) is 19.4 Å². The van der Waals surface area contributed by atoms with Gasteiger partial charge in [0, 0.05) is 44.9 Å². The van der Waals surface area contributed by atoms with Crippen molar-refractivity contribution in [1.82, 2.24) is 10.3 Å². The largest absolute Gasteiger partial charge is 0.383 e. The first-order chi connectivity index (χ1) is 8.29. The molecule has 0 aromatic carbocycles. The van der Waals surface area contributed by atoms with Crippen LogP contribution >= 0.6 is 11.3 Å². The summed E-state index contributed by atoms with van der Waals surface area (Å²) in [7, 11) is 3.86. The molecule has 1 aromatic heterocycles. The zero-order valence-corrected chi connectivity index (χ0v) is 11.4. The molecule has 96 valence electrons. The maximum Gasteiger partial charge on any atom is 0.185 e. The van der Waals surface area contributed by atoms with Crippen molar-refractivity contribution in [3.8, 4) is 0 Å². The summed E-state index contributed by atoms with van der Waals surface area (Å²) < 4.78 is 4.99. The summed E-state index contributed by atoms with van der Waals surface area (Å²) in [4.78, 5) is 8.04. The minimum atomic E-state index is 0.757. The van der Waals surface area contributed by atoms with Gasteiger partial charge in [-0.3, -0.25) is 0 Å². The van der Waals surface area contributed by atoms with Crippen LogP contribution in [0.1, 0.15) is 17.7 Å². The molecular weight excluding hydrogens is 234 g/mol. The second-order valence-electron chi connectivity index (χ2n) is 4.60. The standard InChI is InChI=1S/C12H21N3OS/c1-15(9-10-3-4-10)12-14-8-11(17-12)7-13-5-6-16-2/h8,10,13H,3-7,9H2,1-2H3. The zero-order chi connectivity index (χ0) is 12.1. The molecule has 0 atom stereocenters. The van der Waals surface area contributed by atoms with Crippen LogP contribution in [0.5, 0.6) is 0 Å². The van der Waals surface area contributed by atoms with Crippen LogP contribution < -0.4 is 10.2 Å². The lowest BCUT2D eigenvalue weighted by atomic mass is 10.4. The van der Waals surface area contributed by atoms with Crippen molar-refractivity contribution in [3.63, 3.8) is 0 Å². The fraction of sp³-hybridized carbons (Fsp3) is 0.750. The van der Waals surface area contributed by atoms with E-state index in [1.54, 1.807) is 18.4 Å². The Balaban J connectivity index is 1.74. The number of aromatic nitrogens is 1. The van der Waals surface area contributed by atoms with Gasteiger partial charge in [0.1, 0.15) is 0 Å². The molecule has 1 aliphatic carbocycles. The minimum Gasteiger partial charge on any atom is -0.383 e. The number of anilines is 1. The minimum absolute atomic E-state index is 0.757. The Morgan fingerprint density at radius 1 is 1.59 bits per heavy atom. The predicted molar refractivity (Wildman–Crippen MR) is 71.7 cm³/mol. The lowest BCUT2D eigenvalue weighted by Crippen LogP contribution is -2.19. The molecule has 1 N–H and O–H groups in total. The third-order valence-corrected chi connectivity index (χ3v) is 3.99. The number of hydrogen-bond donors (Lipinski definition) is 1. The van der Waals surface area contributed by atoms with Crippen molar-refractivity contribution in [1.29, 1.82) is 0 Å². The van der Waals surface area contributed by atoms with E-state index in [-0.39, 0.29) is 0 Å². The van der Waals surface area contributed by atoms with Crippen molar-refractivity contribution < 1.29 is 4.74 Å². The summed E-state index contributed by atoms with van der Waals surface area (Å²) in [5.41, 5.74) is 0. The molecule has 1 aliphatic rings. The molecule has 0 spiro atoms. The molecule has 4 nitrogen and oxygen atoms in total. The topological polar surface area (TPSA) is 37.4 Å². The first-order valence-corrected chi connectivity index (χ1v) is 6.96. The molecule has 0 saturated heterocycles. The van der Waals surface area contributed by atoms with Crippen LogP contribution in [0.4, 0.5) is 5.13 Å². The van der Waals surface area contributed by atoms with Crippen LogP contribution in [0.3, 0.4) is 0 Å². The van der Waals surface area contributed by atoms with Gasteiger partial charge in [0.25, 0.3) is 0 Å². The molecule has 2 rings (SSSR count). The average molecular weight is 255 g/mol. The first kappa shape index (κ1) is 12.8. The molecule has 0 radical (unpaired) electrons. The number of hydrogen-bond acceptors (Lipinski definition) is 5. The Morgan fingerprint density at radius 3 is 3.12 bits per heavy atom. The van der Waals surface area contributed by atoms with E-state index < -0.39 is 0 Å². The van der Waals surface area contributed by atoms with Gasteiger partial charge in [-0.2, -0.15) is 0 Å². The second kappa shape index (κ2) is 6.33. The summed E-state index contributed by atoms with van der Waals surface area (Å²) in [5.74, 6) is 0.909. The van der Waals surface area contributed by atoms with Crippen LogP contribution in [0.25, 0.3) is 0 Å². The van der Waals surface area contributed by atoms with Crippen LogP contribution in [-0.2, 0) is 11.3 Å². The molecule has 0 amide bonds. The summed E-state index contributed by atoms with van der Waals surface area (Å²) in [6, 6.07) is 0. The highest BCUT2D eigenvalue weighted by Gasteiger charge is 2.23. The molecule has 0 unspecified atom stereocenters. The maximum atomic E-state index is 4.99. The molecular formula is C12H21N3OS. The highest BCUT2D eigenvalue weighted by molar-refractivity contribution is 7.15. The van der Waals surface area contributed by atoms with E-state index in [9.17, 15) is 0 Å². The van der Waals surface area contributed by atoms with Crippen LogP contribution in [-0.4, -0.2) is 38.8 Å². The highest BCUT2D eigenvalue weighted by Crippen LogP contribution is 2.31. The van der Waals surface area contributed by atoms with E-state index in [4.69, 9.17) is 4.74 Å². The van der Waals surface area contributed by atoms with Gasteiger partial charge >= 0.3 is 0 Å².